The maximum absolute atomic E-state index is 9.70. The second kappa shape index (κ2) is 9.61. The molecule has 0 N–H and O–H groups in total. The monoisotopic (exact) mass is 357 g/mol. The van der Waals surface area contributed by atoms with Crippen molar-refractivity contribution < 1.29 is 0 Å². The summed E-state index contributed by atoms with van der Waals surface area (Å²) in [4.78, 5) is 0. The molecule has 1 nitrogen and oxygen atoms in total. The van der Waals surface area contributed by atoms with Gasteiger partial charge in [-0.25, -0.2) is 0 Å². The third kappa shape index (κ3) is 4.85. The minimum atomic E-state index is 0.0244. The molecular weight excluding hydrogens is 314 g/mol. The Morgan fingerprint density at radius 3 is 1.92 bits per heavy atom. The fraction of sp³-hybridized carbons (Fsp3) is 0.960. The number of unbranched alkanes of at least 4 members (excludes halogenated alkanes) is 1. The van der Waals surface area contributed by atoms with Crippen molar-refractivity contribution in [2.24, 2.45) is 35.0 Å². The van der Waals surface area contributed by atoms with Gasteiger partial charge in [0.05, 0.1) is 11.5 Å². The molecule has 0 radical (unpaired) electrons. The summed E-state index contributed by atoms with van der Waals surface area (Å²) in [5.41, 5.74) is 0.0244. The van der Waals surface area contributed by atoms with Crippen molar-refractivity contribution in [3.05, 3.63) is 0 Å². The van der Waals surface area contributed by atoms with Crippen LogP contribution in [0.25, 0.3) is 0 Å². The van der Waals surface area contributed by atoms with E-state index in [1.807, 2.05) is 0 Å². The van der Waals surface area contributed by atoms with Gasteiger partial charge in [0.1, 0.15) is 0 Å². The van der Waals surface area contributed by atoms with Crippen LogP contribution in [-0.2, 0) is 0 Å². The van der Waals surface area contributed by atoms with E-state index in [1.165, 1.54) is 89.9 Å². The SMILES string of the molecule is CCCC[C@H]1CC[C@H]([C@H]2CC[C@H](C3CCCC(C#N)(CC)C3)CC2)CC1. The smallest absolute Gasteiger partial charge is 0.0689 e. The highest BCUT2D eigenvalue weighted by Gasteiger charge is 2.40. The summed E-state index contributed by atoms with van der Waals surface area (Å²) in [6.45, 7) is 4.57. The molecule has 0 saturated heterocycles. The number of nitriles is 1. The number of nitrogens with zero attached hydrogens (tertiary/aromatic N) is 1. The molecule has 148 valence electrons. The van der Waals surface area contributed by atoms with E-state index >= 15 is 0 Å². The number of hydrogen-bond acceptors (Lipinski definition) is 1. The lowest BCUT2D eigenvalue weighted by Crippen LogP contribution is -2.33. The summed E-state index contributed by atoms with van der Waals surface area (Å²) in [5, 5.41) is 9.70. The molecule has 3 aliphatic carbocycles. The minimum Gasteiger partial charge on any atom is -0.198 e. The van der Waals surface area contributed by atoms with Gasteiger partial charge in [-0.2, -0.15) is 5.26 Å². The van der Waals surface area contributed by atoms with Gasteiger partial charge >= 0.3 is 0 Å². The maximum Gasteiger partial charge on any atom is 0.0689 e. The van der Waals surface area contributed by atoms with Gasteiger partial charge in [-0.05, 0) is 87.4 Å². The molecule has 3 fully saturated rings. The Labute approximate surface area is 163 Å². The topological polar surface area (TPSA) is 23.8 Å². The summed E-state index contributed by atoms with van der Waals surface area (Å²) in [6, 6.07) is 2.72. The lowest BCUT2D eigenvalue weighted by molar-refractivity contribution is 0.0838. The number of hydrogen-bond donors (Lipinski definition) is 0. The van der Waals surface area contributed by atoms with Crippen LogP contribution in [0.3, 0.4) is 0 Å². The third-order valence-electron chi connectivity index (χ3n) is 8.80. The largest absolute Gasteiger partial charge is 0.198 e. The van der Waals surface area contributed by atoms with Gasteiger partial charge in [0.2, 0.25) is 0 Å². The van der Waals surface area contributed by atoms with Gasteiger partial charge in [-0.3, -0.25) is 0 Å². The van der Waals surface area contributed by atoms with E-state index in [4.69, 9.17) is 0 Å². The van der Waals surface area contributed by atoms with Gasteiger partial charge < -0.3 is 0 Å². The summed E-state index contributed by atoms with van der Waals surface area (Å²) < 4.78 is 0. The first-order valence-electron chi connectivity index (χ1n) is 12.1. The summed E-state index contributed by atoms with van der Waals surface area (Å²) >= 11 is 0. The summed E-state index contributed by atoms with van der Waals surface area (Å²) in [6.07, 6.45) is 22.5. The molecule has 0 spiro atoms. The van der Waals surface area contributed by atoms with Crippen molar-refractivity contribution in [2.45, 2.75) is 117 Å². The van der Waals surface area contributed by atoms with Crippen LogP contribution in [0.15, 0.2) is 0 Å². The Balaban J connectivity index is 1.43. The Morgan fingerprint density at radius 2 is 1.38 bits per heavy atom. The fourth-order valence-electron chi connectivity index (χ4n) is 6.84. The molecule has 1 heteroatoms. The lowest BCUT2D eigenvalue weighted by Gasteiger charge is -2.43. The highest BCUT2D eigenvalue weighted by Crippen LogP contribution is 2.49. The van der Waals surface area contributed by atoms with Gasteiger partial charge in [-0.15, -0.1) is 0 Å². The Bertz CT molecular complexity index is 447. The first kappa shape index (κ1) is 20.2. The van der Waals surface area contributed by atoms with Gasteiger partial charge in [0.25, 0.3) is 0 Å². The van der Waals surface area contributed by atoms with Crippen molar-refractivity contribution in [2.75, 3.05) is 0 Å². The van der Waals surface area contributed by atoms with E-state index in [0.29, 0.717) is 0 Å². The highest BCUT2D eigenvalue weighted by atomic mass is 14.5. The van der Waals surface area contributed by atoms with Crippen LogP contribution in [0.5, 0.6) is 0 Å². The fourth-order valence-corrected chi connectivity index (χ4v) is 6.84. The second-order valence-electron chi connectivity index (χ2n) is 10.2. The molecular formula is C25H43N. The molecule has 2 unspecified atom stereocenters. The van der Waals surface area contributed by atoms with E-state index in [0.717, 1.165) is 42.4 Å². The van der Waals surface area contributed by atoms with Crippen LogP contribution >= 0.6 is 0 Å². The zero-order chi connectivity index (χ0) is 18.4. The molecule has 0 aromatic rings. The molecule has 3 saturated carbocycles. The molecule has 0 heterocycles. The van der Waals surface area contributed by atoms with E-state index in [9.17, 15) is 5.26 Å². The van der Waals surface area contributed by atoms with Crippen LogP contribution in [0, 0.1) is 46.3 Å². The summed E-state index contributed by atoms with van der Waals surface area (Å²) in [5.74, 6) is 4.93. The van der Waals surface area contributed by atoms with Crippen molar-refractivity contribution in [3.63, 3.8) is 0 Å². The highest BCUT2D eigenvalue weighted by molar-refractivity contribution is 5.02. The van der Waals surface area contributed by atoms with E-state index in [-0.39, 0.29) is 5.41 Å². The summed E-state index contributed by atoms with van der Waals surface area (Å²) in [7, 11) is 0. The zero-order valence-corrected chi connectivity index (χ0v) is 17.6. The quantitative estimate of drug-likeness (QED) is 0.474. The predicted octanol–water partition coefficient (Wildman–Crippen LogP) is 7.90. The normalized spacial score (nSPS) is 41.5. The lowest BCUT2D eigenvalue weighted by atomic mass is 9.61. The van der Waals surface area contributed by atoms with E-state index in [1.54, 1.807) is 0 Å². The third-order valence-corrected chi connectivity index (χ3v) is 8.80. The van der Waals surface area contributed by atoms with Crippen LogP contribution < -0.4 is 0 Å². The second-order valence-corrected chi connectivity index (χ2v) is 10.2. The van der Waals surface area contributed by atoms with Crippen LogP contribution in [0.4, 0.5) is 0 Å². The molecule has 0 amide bonds. The molecule has 0 aliphatic heterocycles. The first-order valence-corrected chi connectivity index (χ1v) is 12.1. The Morgan fingerprint density at radius 1 is 0.808 bits per heavy atom. The van der Waals surface area contributed by atoms with Crippen LogP contribution in [0.2, 0.25) is 0 Å². The number of rotatable bonds is 6. The standard InChI is InChI=1S/C25H43N/c1-3-5-7-20-9-11-21(12-10-20)22-13-15-23(16-14-22)24-8-6-17-25(4-2,18-24)19-26/h20-24H,3-18H2,1-2H3/t20-,21-,22-,23-,24?,25?. The molecule has 0 aromatic heterocycles. The van der Waals surface area contributed by atoms with Crippen molar-refractivity contribution in [3.8, 4) is 6.07 Å². The average Bonchev–Trinajstić information content (AvgIpc) is 2.73. The van der Waals surface area contributed by atoms with Crippen molar-refractivity contribution >= 4 is 0 Å². The predicted molar refractivity (Wildman–Crippen MR) is 111 cm³/mol. The van der Waals surface area contributed by atoms with Crippen molar-refractivity contribution in [1.82, 2.24) is 0 Å². The van der Waals surface area contributed by atoms with Gasteiger partial charge in [0, 0.05) is 0 Å². The molecule has 0 bridgehead atoms. The van der Waals surface area contributed by atoms with Gasteiger partial charge in [-0.1, -0.05) is 58.8 Å². The van der Waals surface area contributed by atoms with Crippen molar-refractivity contribution in [1.29, 1.82) is 5.26 Å². The first-order chi connectivity index (χ1) is 12.7. The van der Waals surface area contributed by atoms with Crippen LogP contribution in [0.1, 0.15) is 117 Å². The molecule has 26 heavy (non-hydrogen) atoms. The molecule has 3 aliphatic rings. The maximum atomic E-state index is 9.70. The molecule has 0 aromatic carbocycles. The Kier molecular flexibility index (Phi) is 7.48. The average molecular weight is 358 g/mol. The van der Waals surface area contributed by atoms with Gasteiger partial charge in [0.15, 0.2) is 0 Å². The van der Waals surface area contributed by atoms with E-state index < -0.39 is 0 Å². The molecule has 3 rings (SSSR count). The zero-order valence-electron chi connectivity index (χ0n) is 17.6. The van der Waals surface area contributed by atoms with E-state index in [2.05, 4.69) is 19.9 Å². The minimum absolute atomic E-state index is 0.0244. The Hall–Kier alpha value is -0.510. The molecule has 2 atom stereocenters. The van der Waals surface area contributed by atoms with Crippen LogP contribution in [-0.4, -0.2) is 0 Å².